The summed E-state index contributed by atoms with van der Waals surface area (Å²) in [6, 6.07) is 5.62. The van der Waals surface area contributed by atoms with E-state index in [9.17, 15) is 9.59 Å². The van der Waals surface area contributed by atoms with Crippen LogP contribution in [-0.2, 0) is 20.9 Å². The molecule has 2 aliphatic rings. The van der Waals surface area contributed by atoms with Gasteiger partial charge in [-0.15, -0.1) is 0 Å². The molecule has 154 valence electrons. The Morgan fingerprint density at radius 3 is 2.86 bits per heavy atom. The van der Waals surface area contributed by atoms with Crippen LogP contribution in [0.1, 0.15) is 30.4 Å². The molecule has 2 atom stereocenters. The highest BCUT2D eigenvalue weighted by Gasteiger charge is 2.53. The Labute approximate surface area is 172 Å². The molecule has 2 fully saturated rings. The molecule has 0 saturated carbocycles. The van der Waals surface area contributed by atoms with Gasteiger partial charge in [-0.2, -0.15) is 0 Å². The number of hydrogen-bond donors (Lipinski definition) is 1. The fraction of sp³-hybridized carbons (Fsp3) is 0.619. The Kier molecular flexibility index (Phi) is 6.63. The van der Waals surface area contributed by atoms with Crippen molar-refractivity contribution in [2.45, 2.75) is 38.8 Å². The molecule has 0 aliphatic carbocycles. The summed E-state index contributed by atoms with van der Waals surface area (Å²) in [5.74, 6) is 0.00486. The van der Waals surface area contributed by atoms with E-state index in [1.165, 1.54) is 7.11 Å². The van der Waals surface area contributed by atoms with Crippen molar-refractivity contribution < 1.29 is 14.3 Å². The maximum atomic E-state index is 13.4. The third-order valence-electron chi connectivity index (χ3n) is 6.32. The zero-order valence-corrected chi connectivity index (χ0v) is 17.7. The van der Waals surface area contributed by atoms with E-state index in [-0.39, 0.29) is 24.5 Å². The number of nitrogens with zero attached hydrogens (tertiary/aromatic N) is 2. The number of likely N-dealkylation sites (tertiary alicyclic amines) is 2. The van der Waals surface area contributed by atoms with Gasteiger partial charge in [0.15, 0.2) is 0 Å². The van der Waals surface area contributed by atoms with E-state index in [2.05, 4.69) is 10.2 Å². The van der Waals surface area contributed by atoms with E-state index in [4.69, 9.17) is 16.3 Å². The zero-order chi connectivity index (χ0) is 20.3. The van der Waals surface area contributed by atoms with Gasteiger partial charge < -0.3 is 19.9 Å². The minimum Gasteiger partial charge on any atom is -0.375 e. The largest absolute Gasteiger partial charge is 0.375 e. The molecule has 1 aromatic carbocycles. The number of carbonyl (C=O) groups is 2. The van der Waals surface area contributed by atoms with E-state index >= 15 is 0 Å². The normalized spacial score (nSPS) is 25.3. The first kappa shape index (κ1) is 21.1. The first-order chi connectivity index (χ1) is 13.4. The first-order valence-corrected chi connectivity index (χ1v) is 10.3. The molecule has 0 spiro atoms. The van der Waals surface area contributed by atoms with Crippen molar-refractivity contribution in [2.75, 3.05) is 40.4 Å². The van der Waals surface area contributed by atoms with Gasteiger partial charge in [-0.1, -0.05) is 23.7 Å². The molecule has 28 heavy (non-hydrogen) atoms. The molecule has 0 unspecified atom stereocenters. The van der Waals surface area contributed by atoms with Crippen LogP contribution in [0.5, 0.6) is 0 Å². The van der Waals surface area contributed by atoms with Crippen molar-refractivity contribution in [1.29, 1.82) is 0 Å². The van der Waals surface area contributed by atoms with Crippen LogP contribution >= 0.6 is 11.6 Å². The lowest BCUT2D eigenvalue weighted by atomic mass is 9.67. The van der Waals surface area contributed by atoms with Gasteiger partial charge in [0.25, 0.3) is 0 Å². The van der Waals surface area contributed by atoms with Gasteiger partial charge in [0.05, 0.1) is 11.5 Å². The summed E-state index contributed by atoms with van der Waals surface area (Å²) in [6.07, 6.45) is 2.40. The summed E-state index contributed by atoms with van der Waals surface area (Å²) >= 11 is 6.21. The number of likely N-dealkylation sites (N-methyl/N-ethyl adjacent to an activating group) is 1. The number of methoxy groups -OCH3 is 1. The summed E-state index contributed by atoms with van der Waals surface area (Å²) < 4.78 is 5.07. The summed E-state index contributed by atoms with van der Waals surface area (Å²) in [5.41, 5.74) is 1.47. The number of carbonyl (C=O) groups excluding carboxylic acids is 2. The van der Waals surface area contributed by atoms with Crippen LogP contribution in [0.2, 0.25) is 5.02 Å². The minimum atomic E-state index is -0.541. The molecule has 2 aliphatic heterocycles. The number of benzene rings is 1. The van der Waals surface area contributed by atoms with Gasteiger partial charge in [0.2, 0.25) is 11.8 Å². The highest BCUT2D eigenvalue weighted by molar-refractivity contribution is 6.31. The van der Waals surface area contributed by atoms with Gasteiger partial charge in [0, 0.05) is 31.8 Å². The summed E-state index contributed by atoms with van der Waals surface area (Å²) in [7, 11) is 3.58. The molecule has 7 heteroatoms. The Morgan fingerprint density at radius 1 is 1.32 bits per heavy atom. The number of ether oxygens (including phenoxy) is 1. The molecule has 0 aromatic heterocycles. The van der Waals surface area contributed by atoms with Crippen molar-refractivity contribution in [2.24, 2.45) is 5.41 Å². The number of piperidine rings is 2. The molecular formula is C21H30ClN3O3. The van der Waals surface area contributed by atoms with Crippen molar-refractivity contribution in [1.82, 2.24) is 15.1 Å². The van der Waals surface area contributed by atoms with Gasteiger partial charge >= 0.3 is 0 Å². The van der Waals surface area contributed by atoms with Crippen molar-refractivity contribution in [3.63, 3.8) is 0 Å². The van der Waals surface area contributed by atoms with Crippen LogP contribution in [-0.4, -0.2) is 68.1 Å². The van der Waals surface area contributed by atoms with E-state index < -0.39 is 5.41 Å². The van der Waals surface area contributed by atoms with Crippen molar-refractivity contribution >= 4 is 23.4 Å². The number of amides is 2. The second kappa shape index (κ2) is 8.80. The molecule has 1 aromatic rings. The quantitative estimate of drug-likeness (QED) is 0.813. The Balaban J connectivity index is 1.80. The van der Waals surface area contributed by atoms with Crippen LogP contribution in [0.15, 0.2) is 18.2 Å². The number of hydrogen-bond acceptors (Lipinski definition) is 4. The fourth-order valence-corrected chi connectivity index (χ4v) is 4.80. The number of nitrogens with one attached hydrogen (secondary N) is 1. The summed E-state index contributed by atoms with van der Waals surface area (Å²) in [4.78, 5) is 30.1. The Morgan fingerprint density at radius 2 is 2.11 bits per heavy atom. The Hall–Kier alpha value is -1.63. The molecule has 6 nitrogen and oxygen atoms in total. The van der Waals surface area contributed by atoms with E-state index in [1.54, 1.807) is 0 Å². The SMILES string of the molecule is COCC(=O)N1CCC[C@@]2(C(=O)NCc3cccc(Cl)c3C)CCN(C)C[C@H]12. The number of fused-ring (bicyclic) bond motifs is 1. The van der Waals surface area contributed by atoms with Crippen molar-refractivity contribution in [3.8, 4) is 0 Å². The highest BCUT2D eigenvalue weighted by atomic mass is 35.5. The minimum absolute atomic E-state index is 0.0367. The molecule has 0 radical (unpaired) electrons. The topological polar surface area (TPSA) is 61.9 Å². The fourth-order valence-electron chi connectivity index (χ4n) is 4.61. The maximum absolute atomic E-state index is 13.4. The van der Waals surface area contributed by atoms with Crippen LogP contribution < -0.4 is 5.32 Å². The van der Waals surface area contributed by atoms with Gasteiger partial charge in [-0.05, 0) is 57.0 Å². The lowest BCUT2D eigenvalue weighted by Crippen LogP contribution is -2.66. The lowest BCUT2D eigenvalue weighted by molar-refractivity contribution is -0.156. The number of halogens is 1. The monoisotopic (exact) mass is 407 g/mol. The first-order valence-electron chi connectivity index (χ1n) is 9.88. The molecule has 2 amide bonds. The lowest BCUT2D eigenvalue weighted by Gasteiger charge is -2.53. The van der Waals surface area contributed by atoms with Gasteiger partial charge in [0.1, 0.15) is 6.61 Å². The maximum Gasteiger partial charge on any atom is 0.248 e. The van der Waals surface area contributed by atoms with Crippen LogP contribution in [0, 0.1) is 12.3 Å². The predicted octanol–water partition coefficient (Wildman–Crippen LogP) is 2.22. The summed E-state index contributed by atoms with van der Waals surface area (Å²) in [6.45, 7) is 4.71. The molecule has 1 N–H and O–H groups in total. The highest BCUT2D eigenvalue weighted by Crippen LogP contribution is 2.42. The van der Waals surface area contributed by atoms with Crippen LogP contribution in [0.4, 0.5) is 0 Å². The van der Waals surface area contributed by atoms with E-state index in [0.29, 0.717) is 24.7 Å². The molecule has 2 saturated heterocycles. The average Bonchev–Trinajstić information content (AvgIpc) is 2.68. The average molecular weight is 408 g/mol. The molecule has 2 heterocycles. The Bertz CT molecular complexity index is 742. The standard InChI is InChI=1S/C21H30ClN3O3/c1-15-16(6-4-7-17(15)22)12-23-20(27)21-8-5-10-25(19(26)14-28-3)18(21)13-24(2)11-9-21/h4,6-7,18H,5,8-14H2,1-3H3,(H,23,27)/t18-,21+/m0/s1. The zero-order valence-electron chi connectivity index (χ0n) is 17.0. The van der Waals surface area contributed by atoms with Crippen molar-refractivity contribution in [3.05, 3.63) is 34.3 Å². The van der Waals surface area contributed by atoms with Crippen LogP contribution in [0.3, 0.4) is 0 Å². The molecule has 0 bridgehead atoms. The molecular weight excluding hydrogens is 378 g/mol. The predicted molar refractivity (Wildman–Crippen MR) is 109 cm³/mol. The molecule has 3 rings (SSSR count). The smallest absolute Gasteiger partial charge is 0.248 e. The van der Waals surface area contributed by atoms with E-state index in [1.807, 2.05) is 37.1 Å². The summed E-state index contributed by atoms with van der Waals surface area (Å²) in [5, 5.41) is 3.85. The van der Waals surface area contributed by atoms with E-state index in [0.717, 1.165) is 36.9 Å². The third kappa shape index (κ3) is 4.04. The van der Waals surface area contributed by atoms with Gasteiger partial charge in [-0.25, -0.2) is 0 Å². The van der Waals surface area contributed by atoms with Crippen LogP contribution in [0.25, 0.3) is 0 Å². The number of rotatable bonds is 5. The van der Waals surface area contributed by atoms with Gasteiger partial charge in [-0.3, -0.25) is 9.59 Å². The third-order valence-corrected chi connectivity index (χ3v) is 6.73. The second-order valence-corrected chi connectivity index (χ2v) is 8.42. The second-order valence-electron chi connectivity index (χ2n) is 8.01.